The monoisotopic (exact) mass is 282 g/mol. The van der Waals surface area contributed by atoms with Crippen LogP contribution in [0.4, 0.5) is 11.4 Å². The number of nitro benzene ring substituents is 1. The number of H-pyrrole nitrogens is 1. The largest absolute Gasteiger partial charge is 0.359 e. The lowest BCUT2D eigenvalue weighted by atomic mass is 10.1. The Bertz CT molecular complexity index is 782. The molecule has 0 saturated carbocycles. The maximum Gasteiger partial charge on any atom is 0.270 e. The number of tetrazole rings is 1. The van der Waals surface area contributed by atoms with E-state index in [-0.39, 0.29) is 22.6 Å². The summed E-state index contributed by atoms with van der Waals surface area (Å²) < 4.78 is 0. The fourth-order valence-corrected chi connectivity index (χ4v) is 1.44. The van der Waals surface area contributed by atoms with Crippen molar-refractivity contribution in [3.8, 4) is 12.1 Å². The third-order valence-corrected chi connectivity index (χ3v) is 2.41. The minimum Gasteiger partial charge on any atom is -0.359 e. The summed E-state index contributed by atoms with van der Waals surface area (Å²) in [5.41, 5.74) is 0.288. The topological polar surface area (TPSA) is 157 Å². The number of rotatable bonds is 4. The van der Waals surface area contributed by atoms with Gasteiger partial charge in [-0.15, -0.1) is 10.2 Å². The highest BCUT2D eigenvalue weighted by atomic mass is 16.6. The molecular weight excluding hydrogens is 276 g/mol. The van der Waals surface area contributed by atoms with E-state index < -0.39 is 4.92 Å². The molecule has 1 aromatic carbocycles. The highest BCUT2D eigenvalue weighted by Crippen LogP contribution is 2.22. The molecule has 2 aromatic rings. The normalized spacial score (nSPS) is 10.5. The zero-order valence-corrected chi connectivity index (χ0v) is 10.3. The molecule has 21 heavy (non-hydrogen) atoms. The van der Waals surface area contributed by atoms with E-state index >= 15 is 0 Å². The summed E-state index contributed by atoms with van der Waals surface area (Å²) in [6.07, 6.45) is 1.28. The molecule has 0 aliphatic carbocycles. The molecule has 1 heterocycles. The quantitative estimate of drug-likeness (QED) is 0.476. The second-order valence-corrected chi connectivity index (χ2v) is 3.65. The van der Waals surface area contributed by atoms with E-state index in [1.165, 1.54) is 18.3 Å². The van der Waals surface area contributed by atoms with Crippen LogP contribution in [-0.4, -0.2) is 25.5 Å². The molecule has 1 aromatic heterocycles. The van der Waals surface area contributed by atoms with Crippen molar-refractivity contribution in [3.05, 3.63) is 45.9 Å². The van der Waals surface area contributed by atoms with E-state index in [2.05, 4.69) is 25.9 Å². The van der Waals surface area contributed by atoms with E-state index in [1.54, 1.807) is 0 Å². The van der Waals surface area contributed by atoms with Crippen LogP contribution < -0.4 is 5.32 Å². The molecule has 0 saturated heterocycles. The number of hydrogen-bond acceptors (Lipinski definition) is 8. The van der Waals surface area contributed by atoms with Gasteiger partial charge in [-0.05, 0) is 11.3 Å². The fraction of sp³-hybridized carbons (Fsp3) is 0. The van der Waals surface area contributed by atoms with Gasteiger partial charge in [0.1, 0.15) is 17.7 Å². The number of aromatic amines is 1. The van der Waals surface area contributed by atoms with Crippen LogP contribution in [0.25, 0.3) is 5.57 Å². The predicted octanol–water partition coefficient (Wildman–Crippen LogP) is 0.956. The number of nitrogens with zero attached hydrogens (tertiary/aromatic N) is 6. The Morgan fingerprint density at radius 1 is 1.48 bits per heavy atom. The predicted molar refractivity (Wildman–Crippen MR) is 69.2 cm³/mol. The molecule has 0 bridgehead atoms. The molecule has 0 aliphatic rings. The average Bonchev–Trinajstić information content (AvgIpc) is 3.02. The van der Waals surface area contributed by atoms with E-state index in [0.717, 1.165) is 6.07 Å². The molecule has 0 fully saturated rings. The molecule has 0 amide bonds. The molecule has 10 nitrogen and oxygen atoms in total. The lowest BCUT2D eigenvalue weighted by molar-refractivity contribution is -0.384. The molecule has 2 N–H and O–H groups in total. The highest BCUT2D eigenvalue weighted by molar-refractivity contribution is 5.75. The van der Waals surface area contributed by atoms with Crippen LogP contribution in [0.3, 0.4) is 0 Å². The van der Waals surface area contributed by atoms with Gasteiger partial charge in [0, 0.05) is 18.3 Å². The number of nitriles is 2. The molecule has 10 heteroatoms. The second-order valence-electron chi connectivity index (χ2n) is 3.65. The molecule has 102 valence electrons. The van der Waals surface area contributed by atoms with E-state index in [1.807, 2.05) is 12.1 Å². The van der Waals surface area contributed by atoms with Crippen molar-refractivity contribution in [3.63, 3.8) is 0 Å². The van der Waals surface area contributed by atoms with Gasteiger partial charge >= 0.3 is 0 Å². The average molecular weight is 282 g/mol. The Hall–Kier alpha value is -3.79. The summed E-state index contributed by atoms with van der Waals surface area (Å²) >= 11 is 0. The van der Waals surface area contributed by atoms with Crippen LogP contribution >= 0.6 is 0 Å². The zero-order valence-electron chi connectivity index (χ0n) is 10.3. The number of nitro groups is 1. The van der Waals surface area contributed by atoms with Gasteiger partial charge in [0.15, 0.2) is 0 Å². The molecule has 0 unspecified atom stereocenters. The molecule has 0 aliphatic heterocycles. The number of hydrogen-bond donors (Lipinski definition) is 2. The third kappa shape index (κ3) is 2.97. The van der Waals surface area contributed by atoms with Gasteiger partial charge in [-0.1, -0.05) is 0 Å². The number of non-ortho nitro benzene ring substituents is 1. The minimum atomic E-state index is -0.597. The van der Waals surface area contributed by atoms with Crippen molar-refractivity contribution in [1.82, 2.24) is 20.6 Å². The van der Waals surface area contributed by atoms with Crippen LogP contribution in [0.1, 0.15) is 11.4 Å². The van der Waals surface area contributed by atoms with Gasteiger partial charge in [0.25, 0.3) is 5.69 Å². The minimum absolute atomic E-state index is 0.0749. The molecule has 0 atom stereocenters. The maximum absolute atomic E-state index is 10.6. The lowest BCUT2D eigenvalue weighted by Gasteiger charge is -2.03. The summed E-state index contributed by atoms with van der Waals surface area (Å²) in [4.78, 5) is 10.0. The fourth-order valence-electron chi connectivity index (χ4n) is 1.44. The summed E-state index contributed by atoms with van der Waals surface area (Å²) in [6, 6.07) is 7.46. The van der Waals surface area contributed by atoms with E-state index in [4.69, 9.17) is 10.5 Å². The van der Waals surface area contributed by atoms with Gasteiger partial charge < -0.3 is 5.32 Å². The van der Waals surface area contributed by atoms with Crippen molar-refractivity contribution in [2.45, 2.75) is 0 Å². The molecule has 0 radical (unpaired) electrons. The number of benzene rings is 1. The highest BCUT2D eigenvalue weighted by Gasteiger charge is 2.11. The summed E-state index contributed by atoms with van der Waals surface area (Å²) in [6.45, 7) is 0. The molecule has 0 spiro atoms. The van der Waals surface area contributed by atoms with E-state index in [9.17, 15) is 10.1 Å². The first-order valence-corrected chi connectivity index (χ1v) is 5.45. The van der Waals surface area contributed by atoms with Crippen molar-refractivity contribution in [2.75, 3.05) is 5.32 Å². The van der Waals surface area contributed by atoms with Gasteiger partial charge in [0.2, 0.25) is 5.82 Å². The Morgan fingerprint density at radius 3 is 2.86 bits per heavy atom. The first-order valence-electron chi connectivity index (χ1n) is 5.45. The number of aromatic nitrogens is 4. The maximum atomic E-state index is 10.6. The Morgan fingerprint density at radius 2 is 2.29 bits per heavy atom. The van der Waals surface area contributed by atoms with Crippen LogP contribution in [0, 0.1) is 32.8 Å². The second kappa shape index (κ2) is 5.90. The van der Waals surface area contributed by atoms with Gasteiger partial charge in [-0.2, -0.15) is 15.7 Å². The van der Waals surface area contributed by atoms with Crippen molar-refractivity contribution in [1.29, 1.82) is 10.5 Å². The van der Waals surface area contributed by atoms with Crippen molar-refractivity contribution < 1.29 is 4.92 Å². The third-order valence-electron chi connectivity index (χ3n) is 2.41. The van der Waals surface area contributed by atoms with Crippen LogP contribution in [0.2, 0.25) is 0 Å². The lowest BCUT2D eigenvalue weighted by Crippen LogP contribution is -1.97. The van der Waals surface area contributed by atoms with E-state index in [0.29, 0.717) is 5.69 Å². The van der Waals surface area contributed by atoms with Gasteiger partial charge in [-0.3, -0.25) is 10.1 Å². The van der Waals surface area contributed by atoms with Crippen molar-refractivity contribution in [2.24, 2.45) is 0 Å². The Labute approximate surface area is 117 Å². The smallest absolute Gasteiger partial charge is 0.270 e. The van der Waals surface area contributed by atoms with Crippen LogP contribution in [-0.2, 0) is 0 Å². The number of allylic oxidation sites excluding steroid dienone is 1. The molecular formula is C11H6N8O2. The number of anilines is 1. The van der Waals surface area contributed by atoms with Crippen LogP contribution in [0.15, 0.2) is 24.4 Å². The standard InChI is InChI=1S/C11H6N8O2/c12-4-7-3-9(19(20)21)1-2-10(7)14-6-8(5-13)11-15-17-18-16-11/h1-3,6,14H,(H,15,16,17,18). The number of nitrogens with one attached hydrogen (secondary N) is 2. The molecule has 2 rings (SSSR count). The van der Waals surface area contributed by atoms with Gasteiger partial charge in [0.05, 0.1) is 16.2 Å². The van der Waals surface area contributed by atoms with Crippen molar-refractivity contribution >= 4 is 16.9 Å². The summed E-state index contributed by atoms with van der Waals surface area (Å²) in [5.74, 6) is 0.0884. The zero-order chi connectivity index (χ0) is 15.2. The Kier molecular flexibility index (Phi) is 3.83. The van der Waals surface area contributed by atoms with Gasteiger partial charge in [-0.25, -0.2) is 0 Å². The Balaban J connectivity index is 2.30. The first kappa shape index (κ1) is 13.6. The SMILES string of the molecule is N#CC(=CNc1ccc([N+](=O)[O-])cc1C#N)c1nn[nH]n1. The first-order chi connectivity index (χ1) is 10.2. The summed E-state index contributed by atoms with van der Waals surface area (Å²) in [5, 5.41) is 44.2. The summed E-state index contributed by atoms with van der Waals surface area (Å²) in [7, 11) is 0. The van der Waals surface area contributed by atoms with Crippen LogP contribution in [0.5, 0.6) is 0 Å².